The molecule has 2 rings (SSSR count). The number of hydrogen-bond donors (Lipinski definition) is 3. The van der Waals surface area contributed by atoms with E-state index in [4.69, 9.17) is 0 Å². The first-order chi connectivity index (χ1) is 10.3. The maximum Gasteiger partial charge on any atom is 0.242 e. The smallest absolute Gasteiger partial charge is 0.242 e. The van der Waals surface area contributed by atoms with Crippen LogP contribution in [-0.2, 0) is 9.59 Å². The fourth-order valence-corrected chi connectivity index (χ4v) is 2.77. The van der Waals surface area contributed by atoms with Crippen molar-refractivity contribution in [1.29, 1.82) is 0 Å². The van der Waals surface area contributed by atoms with Gasteiger partial charge in [-0.25, -0.2) is 4.39 Å². The number of piperidine rings is 1. The van der Waals surface area contributed by atoms with Crippen LogP contribution in [0.2, 0.25) is 0 Å². The first-order valence-corrected chi connectivity index (χ1v) is 7.41. The molecule has 6 heteroatoms. The lowest BCUT2D eigenvalue weighted by Crippen LogP contribution is -2.53. The Morgan fingerprint density at radius 3 is 2.68 bits per heavy atom. The lowest BCUT2D eigenvalue weighted by Gasteiger charge is -2.38. The van der Waals surface area contributed by atoms with Crippen LogP contribution in [0.15, 0.2) is 18.2 Å². The topological polar surface area (TPSA) is 70.2 Å². The maximum atomic E-state index is 13.9. The van der Waals surface area contributed by atoms with E-state index in [1.54, 1.807) is 0 Å². The molecule has 5 nitrogen and oxygen atoms in total. The van der Waals surface area contributed by atoms with Gasteiger partial charge in [0.25, 0.3) is 0 Å². The number of amides is 2. The Bertz CT molecular complexity index is 587. The van der Waals surface area contributed by atoms with Crippen molar-refractivity contribution in [1.82, 2.24) is 5.32 Å². The van der Waals surface area contributed by atoms with Gasteiger partial charge in [-0.2, -0.15) is 0 Å². The molecule has 0 radical (unpaired) electrons. The van der Waals surface area contributed by atoms with Crippen LogP contribution >= 0.6 is 0 Å². The van der Waals surface area contributed by atoms with E-state index in [1.165, 1.54) is 25.1 Å². The predicted molar refractivity (Wildman–Crippen MR) is 84.1 cm³/mol. The summed E-state index contributed by atoms with van der Waals surface area (Å²) >= 11 is 0. The monoisotopic (exact) mass is 307 g/mol. The summed E-state index contributed by atoms with van der Waals surface area (Å²) in [5.41, 5.74) is 0.327. The Morgan fingerprint density at radius 2 is 2.05 bits per heavy atom. The van der Waals surface area contributed by atoms with Crippen molar-refractivity contribution in [3.05, 3.63) is 24.0 Å². The second-order valence-electron chi connectivity index (χ2n) is 6.34. The Balaban J connectivity index is 2.15. The molecule has 1 saturated heterocycles. The summed E-state index contributed by atoms with van der Waals surface area (Å²) < 4.78 is 13.9. The molecule has 1 heterocycles. The van der Waals surface area contributed by atoms with Crippen molar-refractivity contribution >= 4 is 23.2 Å². The Labute approximate surface area is 129 Å². The number of rotatable bonds is 3. The Kier molecular flexibility index (Phi) is 4.81. The fourth-order valence-electron chi connectivity index (χ4n) is 2.77. The lowest BCUT2D eigenvalue weighted by atomic mass is 9.77. The summed E-state index contributed by atoms with van der Waals surface area (Å²) in [5, 5.41) is 8.38. The molecule has 0 saturated carbocycles. The molecular weight excluding hydrogens is 285 g/mol. The van der Waals surface area contributed by atoms with Crippen LogP contribution in [0.4, 0.5) is 15.8 Å². The second kappa shape index (κ2) is 6.44. The van der Waals surface area contributed by atoms with Crippen LogP contribution < -0.4 is 16.0 Å². The number of carbonyl (C=O) groups excluding carboxylic acids is 2. The highest BCUT2D eigenvalue weighted by atomic mass is 19.1. The van der Waals surface area contributed by atoms with E-state index in [-0.39, 0.29) is 29.0 Å². The van der Waals surface area contributed by atoms with Crippen LogP contribution in [0, 0.1) is 11.2 Å². The minimum atomic E-state index is -0.531. The van der Waals surface area contributed by atoms with Gasteiger partial charge in [-0.3, -0.25) is 9.59 Å². The minimum Gasteiger partial charge on any atom is -0.326 e. The average Bonchev–Trinajstić information content (AvgIpc) is 2.41. The molecule has 0 aromatic heterocycles. The van der Waals surface area contributed by atoms with Gasteiger partial charge >= 0.3 is 0 Å². The van der Waals surface area contributed by atoms with E-state index in [0.29, 0.717) is 5.69 Å². The third-order valence-electron chi connectivity index (χ3n) is 3.93. The second-order valence-corrected chi connectivity index (χ2v) is 6.34. The zero-order chi connectivity index (χ0) is 16.3. The van der Waals surface area contributed by atoms with E-state index < -0.39 is 5.82 Å². The molecule has 22 heavy (non-hydrogen) atoms. The maximum absolute atomic E-state index is 13.9. The van der Waals surface area contributed by atoms with Gasteiger partial charge < -0.3 is 16.0 Å². The van der Waals surface area contributed by atoms with Gasteiger partial charge in [0.15, 0.2) is 0 Å². The summed E-state index contributed by atoms with van der Waals surface area (Å²) in [4.78, 5) is 23.5. The molecule has 0 aliphatic carbocycles. The molecule has 1 unspecified atom stereocenters. The summed E-state index contributed by atoms with van der Waals surface area (Å²) in [6.07, 6.45) is 1.95. The average molecular weight is 307 g/mol. The highest BCUT2D eigenvalue weighted by molar-refractivity contribution is 5.96. The number of carbonyl (C=O) groups is 2. The Hall–Kier alpha value is -1.95. The highest BCUT2D eigenvalue weighted by Crippen LogP contribution is 2.31. The molecule has 1 aliphatic heterocycles. The van der Waals surface area contributed by atoms with E-state index in [0.717, 1.165) is 19.4 Å². The van der Waals surface area contributed by atoms with E-state index >= 15 is 0 Å². The first-order valence-electron chi connectivity index (χ1n) is 7.41. The molecule has 0 spiro atoms. The van der Waals surface area contributed by atoms with Gasteiger partial charge in [-0.05, 0) is 43.0 Å². The fraction of sp³-hybridized carbons (Fsp3) is 0.500. The zero-order valence-corrected chi connectivity index (χ0v) is 13.1. The summed E-state index contributed by atoms with van der Waals surface area (Å²) in [6.45, 7) is 6.19. The van der Waals surface area contributed by atoms with Gasteiger partial charge in [-0.1, -0.05) is 13.8 Å². The van der Waals surface area contributed by atoms with Crippen molar-refractivity contribution in [2.24, 2.45) is 5.41 Å². The number of hydrogen-bond acceptors (Lipinski definition) is 3. The molecule has 1 fully saturated rings. The van der Waals surface area contributed by atoms with Gasteiger partial charge in [0, 0.05) is 12.6 Å². The highest BCUT2D eigenvalue weighted by Gasteiger charge is 2.37. The molecule has 3 N–H and O–H groups in total. The quantitative estimate of drug-likeness (QED) is 0.803. The SMILES string of the molecule is CC(=O)Nc1ccc(F)c(NC(=O)C2NCCCC2(C)C)c1. The van der Waals surface area contributed by atoms with E-state index in [2.05, 4.69) is 16.0 Å². The summed E-state index contributed by atoms with van der Waals surface area (Å²) in [5.74, 6) is -1.04. The number of nitrogens with one attached hydrogen (secondary N) is 3. The van der Waals surface area contributed by atoms with Gasteiger partial charge in [-0.15, -0.1) is 0 Å². The predicted octanol–water partition coefficient (Wildman–Crippen LogP) is 2.50. The van der Waals surface area contributed by atoms with Crippen LogP contribution in [0.1, 0.15) is 33.6 Å². The molecule has 120 valence electrons. The molecule has 0 bridgehead atoms. The Morgan fingerprint density at radius 1 is 1.32 bits per heavy atom. The zero-order valence-electron chi connectivity index (χ0n) is 13.1. The molecule has 1 aliphatic rings. The molecule has 1 atom stereocenters. The molecule has 1 aromatic rings. The number of benzene rings is 1. The van der Waals surface area contributed by atoms with Crippen LogP contribution in [0.3, 0.4) is 0 Å². The van der Waals surface area contributed by atoms with Crippen molar-refractivity contribution < 1.29 is 14.0 Å². The van der Waals surface area contributed by atoms with Gasteiger partial charge in [0.05, 0.1) is 11.7 Å². The van der Waals surface area contributed by atoms with Crippen molar-refractivity contribution in [2.75, 3.05) is 17.2 Å². The first kappa shape index (κ1) is 16.4. The minimum absolute atomic E-state index is 0.0689. The number of anilines is 2. The summed E-state index contributed by atoms with van der Waals surface area (Å²) in [7, 11) is 0. The van der Waals surface area contributed by atoms with Crippen LogP contribution in [0.5, 0.6) is 0 Å². The molecular formula is C16H22FN3O2. The van der Waals surface area contributed by atoms with E-state index in [1.807, 2.05) is 13.8 Å². The third kappa shape index (κ3) is 3.82. The van der Waals surface area contributed by atoms with Crippen molar-refractivity contribution in [3.8, 4) is 0 Å². The normalized spacial score (nSPS) is 20.3. The van der Waals surface area contributed by atoms with E-state index in [9.17, 15) is 14.0 Å². The molecule has 1 aromatic carbocycles. The largest absolute Gasteiger partial charge is 0.326 e. The molecule has 2 amide bonds. The van der Waals surface area contributed by atoms with Crippen molar-refractivity contribution in [2.45, 2.75) is 39.7 Å². The van der Waals surface area contributed by atoms with Crippen LogP contribution in [-0.4, -0.2) is 24.4 Å². The number of halogens is 1. The standard InChI is InChI=1S/C16H22FN3O2/c1-10(21)19-11-5-6-12(17)13(9-11)20-15(22)14-16(2,3)7-4-8-18-14/h5-6,9,14,18H,4,7-8H2,1-3H3,(H,19,21)(H,20,22). The summed E-state index contributed by atoms with van der Waals surface area (Å²) in [6, 6.07) is 3.73. The lowest BCUT2D eigenvalue weighted by molar-refractivity contribution is -0.121. The third-order valence-corrected chi connectivity index (χ3v) is 3.93. The van der Waals surface area contributed by atoms with Crippen LogP contribution in [0.25, 0.3) is 0 Å². The van der Waals surface area contributed by atoms with Crippen molar-refractivity contribution in [3.63, 3.8) is 0 Å². The van der Waals surface area contributed by atoms with Gasteiger partial charge in [0.1, 0.15) is 5.82 Å². The van der Waals surface area contributed by atoms with Gasteiger partial charge in [0.2, 0.25) is 11.8 Å².